The van der Waals surface area contributed by atoms with E-state index in [9.17, 15) is 13.2 Å². The van der Waals surface area contributed by atoms with E-state index in [1.165, 1.54) is 29.6 Å². The predicted molar refractivity (Wildman–Crippen MR) is 41.5 cm³/mol. The van der Waals surface area contributed by atoms with Gasteiger partial charge in [-0.1, -0.05) is 17.6 Å². The Labute approximate surface area is 69.0 Å². The highest BCUT2D eigenvalue weighted by Crippen LogP contribution is 2.18. The summed E-state index contributed by atoms with van der Waals surface area (Å²) in [6.45, 7) is 0. The predicted octanol–water partition coefficient (Wildman–Crippen LogP) is 1.41. The molecule has 1 nitrogen and oxygen atoms in total. The van der Waals surface area contributed by atoms with Gasteiger partial charge in [0.05, 0.1) is 0 Å². The van der Waals surface area contributed by atoms with Gasteiger partial charge < -0.3 is 0 Å². The Kier molecular flexibility index (Phi) is 2.31. The van der Waals surface area contributed by atoms with Crippen LogP contribution in [0.3, 0.4) is 0 Å². The van der Waals surface area contributed by atoms with E-state index in [-0.39, 0.29) is 5.69 Å². The fraction of sp³-hybridized carbons (Fsp3) is 0.143. The first-order chi connectivity index (χ1) is 5.47. The number of halogens is 3. The number of nitrogens with one attached hydrogen (secondary N) is 1. The number of hydrogen-bond donors (Lipinski definition) is 1. The summed E-state index contributed by atoms with van der Waals surface area (Å²) in [6, 6.07) is 5.33. The summed E-state index contributed by atoms with van der Waals surface area (Å²) in [4.78, 5) is 0. The van der Waals surface area contributed by atoms with Crippen LogP contribution in [0.1, 0.15) is 0 Å². The van der Waals surface area contributed by atoms with Gasteiger partial charge in [-0.3, -0.25) is 5.32 Å². The average Bonchev–Trinajstić information content (AvgIpc) is 1.91. The largest absolute Gasteiger partial charge is 0.482 e. The van der Waals surface area contributed by atoms with Crippen LogP contribution in [0.4, 0.5) is 18.9 Å². The zero-order valence-electron chi connectivity index (χ0n) is 6.02. The molecule has 5 heteroatoms. The molecule has 62 valence electrons. The maximum atomic E-state index is 11.7. The minimum absolute atomic E-state index is 0.0169. The molecule has 12 heavy (non-hydrogen) atoms. The summed E-state index contributed by atoms with van der Waals surface area (Å²) in [5, 5.41) is 1.35. The summed E-state index contributed by atoms with van der Waals surface area (Å²) >= 11 is 0. The van der Waals surface area contributed by atoms with Crippen LogP contribution in [-0.4, -0.2) is 14.1 Å². The maximum absolute atomic E-state index is 11.7. The molecule has 1 N–H and O–H groups in total. The summed E-state index contributed by atoms with van der Waals surface area (Å²) in [7, 11) is 5.28. The fourth-order valence-electron chi connectivity index (χ4n) is 0.730. The Balaban J connectivity index is 2.71. The van der Waals surface area contributed by atoms with Crippen molar-refractivity contribution in [1.82, 2.24) is 0 Å². The molecular formula is C7H5BF3N. The third-order valence-electron chi connectivity index (χ3n) is 1.20. The summed E-state index contributed by atoms with van der Waals surface area (Å²) in [6.07, 6.45) is -4.39. The SMILES string of the molecule is [B]c1ccc(NC(F)(F)F)cc1. The smallest absolute Gasteiger partial charge is 0.298 e. The molecule has 0 saturated carbocycles. The Hall–Kier alpha value is -1.13. The lowest BCUT2D eigenvalue weighted by molar-refractivity contribution is -0.0999. The molecule has 2 radical (unpaired) electrons. The van der Waals surface area contributed by atoms with E-state index < -0.39 is 6.30 Å². The molecule has 1 rings (SSSR count). The van der Waals surface area contributed by atoms with E-state index in [0.717, 1.165) is 0 Å². The summed E-state index contributed by atoms with van der Waals surface area (Å²) in [5.41, 5.74) is 0.416. The van der Waals surface area contributed by atoms with Crippen molar-refractivity contribution in [3.05, 3.63) is 24.3 Å². The van der Waals surface area contributed by atoms with Crippen molar-refractivity contribution < 1.29 is 13.2 Å². The van der Waals surface area contributed by atoms with Crippen LogP contribution in [0.15, 0.2) is 24.3 Å². The van der Waals surface area contributed by atoms with Crippen molar-refractivity contribution in [3.63, 3.8) is 0 Å². The second kappa shape index (κ2) is 3.09. The zero-order valence-corrected chi connectivity index (χ0v) is 6.02. The van der Waals surface area contributed by atoms with Gasteiger partial charge in [-0.15, -0.1) is 0 Å². The molecule has 0 aromatic heterocycles. The first-order valence-electron chi connectivity index (χ1n) is 3.18. The van der Waals surface area contributed by atoms with Gasteiger partial charge in [-0.2, -0.15) is 13.2 Å². The Morgan fingerprint density at radius 1 is 1.08 bits per heavy atom. The minimum atomic E-state index is -4.39. The first kappa shape index (κ1) is 8.97. The molecule has 0 saturated heterocycles. The van der Waals surface area contributed by atoms with Gasteiger partial charge in [0.15, 0.2) is 0 Å². The lowest BCUT2D eigenvalue weighted by Gasteiger charge is -2.09. The zero-order chi connectivity index (χ0) is 9.19. The lowest BCUT2D eigenvalue weighted by atomic mass is 9.96. The number of rotatable bonds is 1. The van der Waals surface area contributed by atoms with E-state index in [1.807, 2.05) is 0 Å². The third kappa shape index (κ3) is 2.86. The number of hydrogen-bond acceptors (Lipinski definition) is 1. The maximum Gasteiger partial charge on any atom is 0.482 e. The van der Waals surface area contributed by atoms with Crippen molar-refractivity contribution in [2.45, 2.75) is 6.30 Å². The van der Waals surface area contributed by atoms with Gasteiger partial charge in [0.2, 0.25) is 0 Å². The number of alkyl halides is 3. The average molecular weight is 171 g/mol. The van der Waals surface area contributed by atoms with E-state index in [0.29, 0.717) is 5.46 Å². The molecule has 0 aliphatic rings. The molecule has 0 aliphatic heterocycles. The summed E-state index contributed by atoms with van der Waals surface area (Å²) < 4.78 is 35.1. The van der Waals surface area contributed by atoms with Crippen molar-refractivity contribution >= 4 is 19.0 Å². The van der Waals surface area contributed by atoms with Crippen LogP contribution < -0.4 is 10.8 Å². The second-order valence-electron chi connectivity index (χ2n) is 2.24. The molecular weight excluding hydrogens is 166 g/mol. The monoisotopic (exact) mass is 171 g/mol. The third-order valence-corrected chi connectivity index (χ3v) is 1.20. The normalized spacial score (nSPS) is 11.2. The highest BCUT2D eigenvalue weighted by Gasteiger charge is 2.26. The molecule has 0 unspecified atom stereocenters. The van der Waals surface area contributed by atoms with Crippen LogP contribution in [0.5, 0.6) is 0 Å². The fourth-order valence-corrected chi connectivity index (χ4v) is 0.730. The topological polar surface area (TPSA) is 12.0 Å². The Morgan fingerprint density at radius 2 is 1.58 bits per heavy atom. The first-order valence-corrected chi connectivity index (χ1v) is 3.18. The van der Waals surface area contributed by atoms with Crippen LogP contribution in [0, 0.1) is 0 Å². The molecule has 0 spiro atoms. The highest BCUT2D eigenvalue weighted by molar-refractivity contribution is 6.32. The molecule has 0 amide bonds. The molecule has 0 bridgehead atoms. The van der Waals surface area contributed by atoms with Gasteiger partial charge in [0.1, 0.15) is 7.85 Å². The quantitative estimate of drug-likeness (QED) is 0.497. The van der Waals surface area contributed by atoms with Crippen molar-refractivity contribution in [2.75, 3.05) is 5.32 Å². The van der Waals surface area contributed by atoms with Gasteiger partial charge in [-0.05, 0) is 12.1 Å². The van der Waals surface area contributed by atoms with Crippen LogP contribution in [-0.2, 0) is 0 Å². The van der Waals surface area contributed by atoms with Gasteiger partial charge in [0.25, 0.3) is 0 Å². The second-order valence-corrected chi connectivity index (χ2v) is 2.24. The van der Waals surface area contributed by atoms with E-state index in [4.69, 9.17) is 7.85 Å². The molecule has 0 atom stereocenters. The van der Waals surface area contributed by atoms with Gasteiger partial charge in [-0.25, -0.2) is 0 Å². The summed E-state index contributed by atoms with van der Waals surface area (Å²) in [5.74, 6) is 0. The minimum Gasteiger partial charge on any atom is -0.298 e. The van der Waals surface area contributed by atoms with E-state index in [1.54, 1.807) is 0 Å². The molecule has 0 heterocycles. The van der Waals surface area contributed by atoms with Crippen molar-refractivity contribution in [3.8, 4) is 0 Å². The van der Waals surface area contributed by atoms with Gasteiger partial charge >= 0.3 is 6.30 Å². The van der Waals surface area contributed by atoms with Crippen LogP contribution in [0.2, 0.25) is 0 Å². The molecule has 1 aromatic rings. The van der Waals surface area contributed by atoms with Crippen molar-refractivity contribution in [1.29, 1.82) is 0 Å². The molecule has 1 aromatic carbocycles. The van der Waals surface area contributed by atoms with Crippen LogP contribution in [0.25, 0.3) is 0 Å². The molecule has 0 aliphatic carbocycles. The van der Waals surface area contributed by atoms with Crippen molar-refractivity contribution in [2.24, 2.45) is 0 Å². The highest BCUT2D eigenvalue weighted by atomic mass is 19.4. The van der Waals surface area contributed by atoms with Crippen LogP contribution >= 0.6 is 0 Å². The van der Waals surface area contributed by atoms with E-state index >= 15 is 0 Å². The number of anilines is 1. The Morgan fingerprint density at radius 3 is 2.00 bits per heavy atom. The standard InChI is InChI=1S/C7H5BF3N/c8-5-1-3-6(4-2-5)12-7(9,10)11/h1-4,12H. The van der Waals surface area contributed by atoms with E-state index in [2.05, 4.69) is 0 Å². The lowest BCUT2D eigenvalue weighted by Crippen LogP contribution is -2.20. The number of benzene rings is 1. The molecule has 0 fully saturated rings. The van der Waals surface area contributed by atoms with Gasteiger partial charge in [0, 0.05) is 5.69 Å². The Bertz CT molecular complexity index is 254.